The zero-order valence-corrected chi connectivity index (χ0v) is 16.4. The van der Waals surface area contributed by atoms with E-state index in [0.717, 1.165) is 5.75 Å². The van der Waals surface area contributed by atoms with E-state index in [1.807, 2.05) is 66.7 Å². The molecular weight excluding hydrogens is 350 g/mol. The van der Waals surface area contributed by atoms with Crippen LogP contribution in [0.2, 0.25) is 0 Å². The Morgan fingerprint density at radius 3 is 1.93 bits per heavy atom. The number of rotatable bonds is 7. The van der Waals surface area contributed by atoms with Crippen molar-refractivity contribution in [1.82, 2.24) is 0 Å². The van der Waals surface area contributed by atoms with Gasteiger partial charge in [-0.25, -0.2) is 0 Å². The van der Waals surface area contributed by atoms with Gasteiger partial charge in [0.25, 0.3) is 5.91 Å². The van der Waals surface area contributed by atoms with Gasteiger partial charge in [-0.15, -0.1) is 0 Å². The summed E-state index contributed by atoms with van der Waals surface area (Å²) in [5, 5.41) is 2.86. The third kappa shape index (κ3) is 5.36. The van der Waals surface area contributed by atoms with E-state index < -0.39 is 6.10 Å². The fourth-order valence-electron chi connectivity index (χ4n) is 2.66. The van der Waals surface area contributed by atoms with E-state index in [1.54, 1.807) is 19.1 Å². The van der Waals surface area contributed by atoms with Gasteiger partial charge in [-0.2, -0.15) is 0 Å². The summed E-state index contributed by atoms with van der Waals surface area (Å²) in [4.78, 5) is 12.4. The Bertz CT molecular complexity index is 887. The molecule has 1 atom stereocenters. The van der Waals surface area contributed by atoms with Crippen LogP contribution in [0.1, 0.15) is 32.3 Å². The molecule has 0 aliphatic carbocycles. The molecule has 0 heterocycles. The Labute approximate surface area is 166 Å². The van der Waals surface area contributed by atoms with Crippen LogP contribution in [0.5, 0.6) is 17.2 Å². The topological polar surface area (TPSA) is 47.6 Å². The van der Waals surface area contributed by atoms with E-state index in [-0.39, 0.29) is 5.91 Å². The van der Waals surface area contributed by atoms with Gasteiger partial charge in [0.15, 0.2) is 6.10 Å². The van der Waals surface area contributed by atoms with Gasteiger partial charge in [-0.05, 0) is 66.9 Å². The normalized spacial score (nSPS) is 11.7. The molecule has 0 saturated carbocycles. The maximum absolute atomic E-state index is 12.4. The molecule has 0 spiro atoms. The highest BCUT2D eigenvalue weighted by Crippen LogP contribution is 2.23. The van der Waals surface area contributed by atoms with Crippen molar-refractivity contribution in [2.45, 2.75) is 32.8 Å². The number of amides is 1. The van der Waals surface area contributed by atoms with Crippen LogP contribution < -0.4 is 14.8 Å². The van der Waals surface area contributed by atoms with Crippen molar-refractivity contribution in [2.75, 3.05) is 5.32 Å². The Balaban J connectivity index is 1.54. The maximum atomic E-state index is 12.4. The lowest BCUT2D eigenvalue weighted by molar-refractivity contribution is -0.122. The third-order valence-corrected chi connectivity index (χ3v) is 4.33. The fourth-order valence-corrected chi connectivity index (χ4v) is 2.66. The van der Waals surface area contributed by atoms with E-state index in [0.29, 0.717) is 23.1 Å². The van der Waals surface area contributed by atoms with Crippen LogP contribution in [0.15, 0.2) is 78.9 Å². The smallest absolute Gasteiger partial charge is 0.265 e. The molecule has 1 amide bonds. The molecule has 1 N–H and O–H groups in total. The Morgan fingerprint density at radius 1 is 0.750 bits per heavy atom. The minimum Gasteiger partial charge on any atom is -0.481 e. The zero-order valence-electron chi connectivity index (χ0n) is 16.4. The predicted molar refractivity (Wildman–Crippen MR) is 112 cm³/mol. The first-order valence-electron chi connectivity index (χ1n) is 9.42. The van der Waals surface area contributed by atoms with Gasteiger partial charge in [0.2, 0.25) is 0 Å². The van der Waals surface area contributed by atoms with Gasteiger partial charge in [0.05, 0.1) is 0 Å². The molecule has 3 rings (SSSR count). The molecule has 0 radical (unpaired) electrons. The van der Waals surface area contributed by atoms with Crippen LogP contribution in [-0.4, -0.2) is 12.0 Å². The highest BCUT2D eigenvalue weighted by atomic mass is 16.5. The van der Waals surface area contributed by atoms with Crippen LogP contribution in [0.4, 0.5) is 5.69 Å². The molecule has 0 aliphatic rings. The number of para-hydroxylation sites is 1. The minimum atomic E-state index is -0.606. The maximum Gasteiger partial charge on any atom is 0.265 e. The number of hydrogen-bond donors (Lipinski definition) is 1. The molecule has 3 aromatic rings. The summed E-state index contributed by atoms with van der Waals surface area (Å²) in [5.41, 5.74) is 1.93. The van der Waals surface area contributed by atoms with Crippen LogP contribution in [0, 0.1) is 0 Å². The lowest BCUT2D eigenvalue weighted by Gasteiger charge is -2.15. The number of ether oxygens (including phenoxy) is 2. The zero-order chi connectivity index (χ0) is 19.9. The van der Waals surface area contributed by atoms with Crippen LogP contribution in [0.25, 0.3) is 0 Å². The molecule has 0 saturated heterocycles. The van der Waals surface area contributed by atoms with Gasteiger partial charge in [0, 0.05) is 5.69 Å². The minimum absolute atomic E-state index is 0.204. The summed E-state index contributed by atoms with van der Waals surface area (Å²) in [5.74, 6) is 2.41. The first kappa shape index (κ1) is 19.5. The van der Waals surface area contributed by atoms with Crippen molar-refractivity contribution < 1.29 is 14.3 Å². The fraction of sp³-hybridized carbons (Fsp3) is 0.208. The summed E-state index contributed by atoms with van der Waals surface area (Å²) < 4.78 is 11.5. The summed E-state index contributed by atoms with van der Waals surface area (Å²) in [6.07, 6.45) is -0.606. The summed E-state index contributed by atoms with van der Waals surface area (Å²) >= 11 is 0. The van der Waals surface area contributed by atoms with Crippen molar-refractivity contribution in [1.29, 1.82) is 0 Å². The second-order valence-corrected chi connectivity index (χ2v) is 6.91. The Hall–Kier alpha value is -3.27. The van der Waals surface area contributed by atoms with E-state index in [2.05, 4.69) is 19.2 Å². The number of hydrogen-bond acceptors (Lipinski definition) is 3. The molecule has 3 aromatic carbocycles. The van der Waals surface area contributed by atoms with Crippen molar-refractivity contribution >= 4 is 11.6 Å². The Morgan fingerprint density at radius 2 is 1.32 bits per heavy atom. The molecule has 0 aromatic heterocycles. The molecule has 4 nitrogen and oxygen atoms in total. The van der Waals surface area contributed by atoms with E-state index in [9.17, 15) is 4.79 Å². The summed E-state index contributed by atoms with van der Waals surface area (Å²) in [6.45, 7) is 6.02. The molecule has 0 aliphatic heterocycles. The number of carbonyl (C=O) groups excluding carboxylic acids is 1. The SMILES string of the molecule is CC(Oc1ccc(C(C)C)cc1)C(=O)Nc1ccc(Oc2ccccc2)cc1. The lowest BCUT2D eigenvalue weighted by Crippen LogP contribution is -2.30. The van der Waals surface area contributed by atoms with Crippen molar-refractivity contribution in [3.05, 3.63) is 84.4 Å². The molecule has 4 heteroatoms. The van der Waals surface area contributed by atoms with E-state index >= 15 is 0 Å². The molecule has 1 unspecified atom stereocenters. The molecule has 28 heavy (non-hydrogen) atoms. The average molecular weight is 375 g/mol. The second kappa shape index (κ2) is 9.09. The predicted octanol–water partition coefficient (Wildman–Crippen LogP) is 6.01. The molecule has 0 fully saturated rings. The van der Waals surface area contributed by atoms with E-state index in [1.165, 1.54) is 5.56 Å². The first-order chi connectivity index (χ1) is 13.5. The number of nitrogens with one attached hydrogen (secondary N) is 1. The van der Waals surface area contributed by atoms with Gasteiger partial charge >= 0.3 is 0 Å². The largest absolute Gasteiger partial charge is 0.481 e. The van der Waals surface area contributed by atoms with Crippen molar-refractivity contribution in [2.24, 2.45) is 0 Å². The number of benzene rings is 3. The van der Waals surface area contributed by atoms with Crippen LogP contribution in [0.3, 0.4) is 0 Å². The van der Waals surface area contributed by atoms with Gasteiger partial charge in [-0.1, -0.05) is 44.2 Å². The highest BCUT2D eigenvalue weighted by molar-refractivity contribution is 5.94. The number of anilines is 1. The van der Waals surface area contributed by atoms with Gasteiger partial charge < -0.3 is 14.8 Å². The lowest BCUT2D eigenvalue weighted by atomic mass is 10.0. The van der Waals surface area contributed by atoms with E-state index in [4.69, 9.17) is 9.47 Å². The average Bonchev–Trinajstić information content (AvgIpc) is 2.70. The summed E-state index contributed by atoms with van der Waals surface area (Å²) in [6, 6.07) is 24.6. The molecule has 0 bridgehead atoms. The van der Waals surface area contributed by atoms with Crippen molar-refractivity contribution in [3.8, 4) is 17.2 Å². The van der Waals surface area contributed by atoms with Gasteiger partial charge in [0.1, 0.15) is 17.2 Å². The highest BCUT2D eigenvalue weighted by Gasteiger charge is 2.15. The standard InChI is InChI=1S/C24H25NO3/c1-17(2)19-9-13-22(14-10-19)27-18(3)24(26)25-20-11-15-23(16-12-20)28-21-7-5-4-6-8-21/h4-18H,1-3H3,(H,25,26). The molecule has 144 valence electrons. The second-order valence-electron chi connectivity index (χ2n) is 6.91. The van der Waals surface area contributed by atoms with Crippen LogP contribution in [-0.2, 0) is 4.79 Å². The Kier molecular flexibility index (Phi) is 6.33. The third-order valence-electron chi connectivity index (χ3n) is 4.33. The quantitative estimate of drug-likeness (QED) is 0.550. The van der Waals surface area contributed by atoms with Crippen LogP contribution >= 0.6 is 0 Å². The van der Waals surface area contributed by atoms with Crippen molar-refractivity contribution in [3.63, 3.8) is 0 Å². The summed E-state index contributed by atoms with van der Waals surface area (Å²) in [7, 11) is 0. The number of carbonyl (C=O) groups is 1. The van der Waals surface area contributed by atoms with Gasteiger partial charge in [-0.3, -0.25) is 4.79 Å². The monoisotopic (exact) mass is 375 g/mol. The molecular formula is C24H25NO3. The first-order valence-corrected chi connectivity index (χ1v) is 9.42.